The van der Waals surface area contributed by atoms with E-state index in [0.717, 1.165) is 89.9 Å². The molecule has 0 spiro atoms. The maximum atomic E-state index is 12.9. The van der Waals surface area contributed by atoms with E-state index in [1.165, 1.54) is 199 Å². The van der Waals surface area contributed by atoms with Crippen molar-refractivity contribution in [3.8, 4) is 0 Å². The molecule has 0 bridgehead atoms. The molecule has 0 aliphatic carbocycles. The molecule has 1 atom stereocenters. The highest BCUT2D eigenvalue weighted by Crippen LogP contribution is 2.17. The van der Waals surface area contributed by atoms with Crippen LogP contribution in [0.1, 0.15) is 329 Å². The van der Waals surface area contributed by atoms with Crippen LogP contribution in [-0.2, 0) is 28.6 Å². The molecule has 0 radical (unpaired) electrons. The van der Waals surface area contributed by atoms with Crippen molar-refractivity contribution in [2.45, 2.75) is 335 Å². The maximum absolute atomic E-state index is 12.9. The summed E-state index contributed by atoms with van der Waals surface area (Å²) in [4.78, 5) is 38.3. The highest BCUT2D eigenvalue weighted by atomic mass is 16.6. The lowest BCUT2D eigenvalue weighted by Crippen LogP contribution is -2.30. The van der Waals surface area contributed by atoms with Gasteiger partial charge in [-0.05, 0) is 83.5 Å². The monoisotopic (exact) mass is 1020 g/mol. The lowest BCUT2D eigenvalue weighted by atomic mass is 10.0. The van der Waals surface area contributed by atoms with Gasteiger partial charge in [0.15, 0.2) is 6.10 Å². The number of carbonyl (C=O) groups is 3. The predicted molar refractivity (Wildman–Crippen MR) is 316 cm³/mol. The van der Waals surface area contributed by atoms with Crippen molar-refractivity contribution in [2.75, 3.05) is 13.2 Å². The van der Waals surface area contributed by atoms with Gasteiger partial charge in [-0.15, -0.1) is 0 Å². The van der Waals surface area contributed by atoms with E-state index in [4.69, 9.17) is 14.2 Å². The van der Waals surface area contributed by atoms with Crippen LogP contribution in [0.15, 0.2) is 60.8 Å². The summed E-state index contributed by atoms with van der Waals surface area (Å²) in [5, 5.41) is 0. The van der Waals surface area contributed by atoms with Gasteiger partial charge in [-0.1, -0.05) is 287 Å². The van der Waals surface area contributed by atoms with Gasteiger partial charge in [0.25, 0.3) is 0 Å². The fourth-order valence-corrected chi connectivity index (χ4v) is 9.25. The van der Waals surface area contributed by atoms with Crippen LogP contribution in [0.2, 0.25) is 0 Å². The molecule has 0 aliphatic rings. The van der Waals surface area contributed by atoms with Gasteiger partial charge < -0.3 is 14.2 Å². The Labute approximate surface area is 453 Å². The summed E-state index contributed by atoms with van der Waals surface area (Å²) in [5.41, 5.74) is 0. The summed E-state index contributed by atoms with van der Waals surface area (Å²) < 4.78 is 16.9. The molecule has 1 unspecified atom stereocenters. The average Bonchev–Trinajstić information content (AvgIpc) is 3.39. The van der Waals surface area contributed by atoms with E-state index >= 15 is 0 Å². The number of carbonyl (C=O) groups excluding carboxylic acids is 3. The second kappa shape index (κ2) is 61.7. The Morgan fingerprint density at radius 3 is 0.849 bits per heavy atom. The minimum absolute atomic E-state index is 0.0738. The second-order valence-electron chi connectivity index (χ2n) is 21.3. The maximum Gasteiger partial charge on any atom is 0.306 e. The molecule has 0 saturated carbocycles. The average molecular weight is 1020 g/mol. The standard InChI is InChI=1S/C67H120O6/c1-4-7-10-13-16-19-22-25-28-29-30-31-32-33-34-35-36-37-40-42-45-48-51-54-57-60-66(69)72-63-64(73-67(70)61-58-55-52-49-46-43-39-27-24-21-18-15-12-9-6-3)62-71-65(68)59-56-53-50-47-44-41-38-26-23-20-17-14-11-8-5-2/h7,10,16,19,25,27-28,30-31,39,64H,4-6,8-9,11-15,17-18,20-24,26,29,32-38,40-63H2,1-3H3/b10-7-,19-16-,28-25-,31-30-,39-27-. The summed E-state index contributed by atoms with van der Waals surface area (Å²) >= 11 is 0. The van der Waals surface area contributed by atoms with Gasteiger partial charge in [-0.3, -0.25) is 14.4 Å². The zero-order valence-electron chi connectivity index (χ0n) is 48.7. The molecule has 0 saturated heterocycles. The molecule has 424 valence electrons. The van der Waals surface area contributed by atoms with Gasteiger partial charge in [0.1, 0.15) is 13.2 Å². The van der Waals surface area contributed by atoms with Crippen molar-refractivity contribution >= 4 is 17.9 Å². The molecule has 6 heteroatoms. The number of esters is 3. The number of unbranched alkanes of at least 4 members (excludes halogenated alkanes) is 37. The Morgan fingerprint density at radius 1 is 0.288 bits per heavy atom. The molecule has 0 aromatic carbocycles. The number of hydrogen-bond acceptors (Lipinski definition) is 6. The fourth-order valence-electron chi connectivity index (χ4n) is 9.25. The van der Waals surface area contributed by atoms with Crippen LogP contribution in [0.4, 0.5) is 0 Å². The topological polar surface area (TPSA) is 78.9 Å². The summed E-state index contributed by atoms with van der Waals surface area (Å²) in [5.74, 6) is -0.866. The van der Waals surface area contributed by atoms with E-state index in [-0.39, 0.29) is 31.1 Å². The van der Waals surface area contributed by atoms with Crippen molar-refractivity contribution in [3.63, 3.8) is 0 Å². The number of hydrogen-bond donors (Lipinski definition) is 0. The van der Waals surface area contributed by atoms with Crippen LogP contribution in [0, 0.1) is 0 Å². The Kier molecular flexibility index (Phi) is 59.2. The minimum atomic E-state index is -0.777. The van der Waals surface area contributed by atoms with Crippen LogP contribution in [0.5, 0.6) is 0 Å². The summed E-state index contributed by atoms with van der Waals surface area (Å²) in [6.07, 6.45) is 77.9. The molecule has 0 fully saturated rings. The Morgan fingerprint density at radius 2 is 0.534 bits per heavy atom. The summed E-state index contributed by atoms with van der Waals surface area (Å²) in [7, 11) is 0. The highest BCUT2D eigenvalue weighted by molar-refractivity contribution is 5.71. The van der Waals surface area contributed by atoms with E-state index < -0.39 is 6.10 Å². The zero-order valence-corrected chi connectivity index (χ0v) is 48.7. The number of rotatable bonds is 58. The third-order valence-corrected chi connectivity index (χ3v) is 14.0. The van der Waals surface area contributed by atoms with Crippen LogP contribution < -0.4 is 0 Å². The van der Waals surface area contributed by atoms with Crippen molar-refractivity contribution in [1.29, 1.82) is 0 Å². The first kappa shape index (κ1) is 70.1. The second-order valence-corrected chi connectivity index (χ2v) is 21.3. The summed E-state index contributed by atoms with van der Waals surface area (Å²) in [6, 6.07) is 0. The lowest BCUT2D eigenvalue weighted by Gasteiger charge is -2.18. The molecule has 73 heavy (non-hydrogen) atoms. The number of allylic oxidation sites excluding steroid dienone is 10. The highest BCUT2D eigenvalue weighted by Gasteiger charge is 2.19. The first-order chi connectivity index (χ1) is 36.0. The first-order valence-electron chi connectivity index (χ1n) is 31.8. The fraction of sp³-hybridized carbons (Fsp3) is 0.806. The Balaban J connectivity index is 4.28. The van der Waals surface area contributed by atoms with E-state index in [1.807, 2.05) is 0 Å². The first-order valence-corrected chi connectivity index (χ1v) is 31.8. The zero-order chi connectivity index (χ0) is 52.9. The van der Waals surface area contributed by atoms with Crippen molar-refractivity contribution in [3.05, 3.63) is 60.8 Å². The minimum Gasteiger partial charge on any atom is -0.462 e. The van der Waals surface area contributed by atoms with Gasteiger partial charge in [0.2, 0.25) is 0 Å². The third kappa shape index (κ3) is 59.9. The van der Waals surface area contributed by atoms with E-state index in [2.05, 4.69) is 81.5 Å². The molecule has 0 aliphatic heterocycles. The van der Waals surface area contributed by atoms with E-state index in [0.29, 0.717) is 19.3 Å². The molecule has 0 N–H and O–H groups in total. The molecule has 0 amide bonds. The molecule has 0 heterocycles. The van der Waals surface area contributed by atoms with Crippen LogP contribution in [0.3, 0.4) is 0 Å². The molecule has 0 aromatic heterocycles. The third-order valence-electron chi connectivity index (χ3n) is 14.0. The Bertz CT molecular complexity index is 1310. The summed E-state index contributed by atoms with van der Waals surface area (Å²) in [6.45, 7) is 6.56. The van der Waals surface area contributed by atoms with E-state index in [1.54, 1.807) is 0 Å². The van der Waals surface area contributed by atoms with Gasteiger partial charge in [-0.25, -0.2) is 0 Å². The van der Waals surface area contributed by atoms with Gasteiger partial charge in [-0.2, -0.15) is 0 Å². The molecule has 0 rings (SSSR count). The van der Waals surface area contributed by atoms with Crippen molar-refractivity contribution in [2.24, 2.45) is 0 Å². The van der Waals surface area contributed by atoms with Gasteiger partial charge in [0, 0.05) is 19.3 Å². The van der Waals surface area contributed by atoms with Crippen LogP contribution in [0.25, 0.3) is 0 Å². The smallest absolute Gasteiger partial charge is 0.306 e. The lowest BCUT2D eigenvalue weighted by molar-refractivity contribution is -0.167. The molecular weight excluding hydrogens is 901 g/mol. The Hall–Kier alpha value is -2.89. The quantitative estimate of drug-likeness (QED) is 0.0261. The van der Waals surface area contributed by atoms with Gasteiger partial charge >= 0.3 is 17.9 Å². The van der Waals surface area contributed by atoms with Crippen molar-refractivity contribution < 1.29 is 28.6 Å². The largest absolute Gasteiger partial charge is 0.462 e. The van der Waals surface area contributed by atoms with Crippen LogP contribution >= 0.6 is 0 Å². The van der Waals surface area contributed by atoms with Gasteiger partial charge in [0.05, 0.1) is 0 Å². The molecule has 6 nitrogen and oxygen atoms in total. The van der Waals surface area contributed by atoms with Crippen LogP contribution in [-0.4, -0.2) is 37.2 Å². The SMILES string of the molecule is CC/C=C\C/C=C\C/C=C\C/C=C\CCCCCCCCCCCCCCC(=O)OCC(COC(=O)CCCCCCCCCCCCCCCCC)OC(=O)CCCCCCC/C=C\CCCCCCCC. The van der Waals surface area contributed by atoms with E-state index in [9.17, 15) is 14.4 Å². The number of ether oxygens (including phenoxy) is 3. The molecular formula is C67H120O6. The predicted octanol–water partition coefficient (Wildman–Crippen LogP) is 21.6. The molecule has 0 aromatic rings. The normalized spacial score (nSPS) is 12.4. The van der Waals surface area contributed by atoms with Crippen molar-refractivity contribution in [1.82, 2.24) is 0 Å².